The summed E-state index contributed by atoms with van der Waals surface area (Å²) in [5.74, 6) is -5.35. The fraction of sp³-hybridized carbons (Fsp3) is 0.172. The molecule has 2 heterocycles. The van der Waals surface area contributed by atoms with Gasteiger partial charge < -0.3 is 39.1 Å². The number of fused-ring (bicyclic) bond motifs is 4. The predicted molar refractivity (Wildman–Crippen MR) is 140 cm³/mol. The first-order chi connectivity index (χ1) is 19.4. The number of aromatic hydroxyl groups is 3. The van der Waals surface area contributed by atoms with Crippen LogP contribution in [-0.2, 0) is 20.5 Å². The van der Waals surface area contributed by atoms with Gasteiger partial charge in [0.25, 0.3) is 5.95 Å². The van der Waals surface area contributed by atoms with Crippen molar-refractivity contribution in [3.8, 4) is 28.9 Å². The minimum absolute atomic E-state index is 0.0737. The maximum Gasteiger partial charge on any atom is 0.343 e. The van der Waals surface area contributed by atoms with Crippen molar-refractivity contribution in [2.45, 2.75) is 17.9 Å². The fourth-order valence-corrected chi connectivity index (χ4v) is 6.76. The molecule has 206 valence electrons. The van der Waals surface area contributed by atoms with Crippen LogP contribution in [0.2, 0.25) is 0 Å². The number of rotatable bonds is 2. The lowest BCUT2D eigenvalue weighted by atomic mass is 9.59. The number of carbonyl (C=O) groups is 2. The van der Waals surface area contributed by atoms with Gasteiger partial charge in [-0.15, -0.1) is 0 Å². The maximum absolute atomic E-state index is 14.4. The molecule has 2 aliphatic carbocycles. The number of ketones is 1. The van der Waals surface area contributed by atoms with Crippen molar-refractivity contribution in [2.75, 3.05) is 14.2 Å². The minimum Gasteiger partial charge on any atom is -0.510 e. The van der Waals surface area contributed by atoms with Crippen molar-refractivity contribution in [3.05, 3.63) is 78.3 Å². The van der Waals surface area contributed by atoms with E-state index in [1.165, 1.54) is 33.3 Å². The lowest BCUT2D eigenvalue weighted by Crippen LogP contribution is -2.56. The van der Waals surface area contributed by atoms with Crippen LogP contribution in [0.4, 0.5) is 0 Å². The van der Waals surface area contributed by atoms with Crippen LogP contribution in [0.3, 0.4) is 0 Å². The molecule has 0 amide bonds. The van der Waals surface area contributed by atoms with Gasteiger partial charge in [-0.1, -0.05) is 0 Å². The molecule has 4 aromatic rings. The van der Waals surface area contributed by atoms with Gasteiger partial charge in [0.1, 0.15) is 39.5 Å². The summed E-state index contributed by atoms with van der Waals surface area (Å²) in [6, 6.07) is 4.38. The standard InChI is InChI=1S/C29H18O12/c1-9-4-17(33)28(29(9)11-5-10(38-2)6-12(30)18(11)27(37)41-29)23-16(39-3)7-13(31)19-21(23)20-15(40-26(19)36)8-14(32)24(34)22(20)25(28)35/h4-8,30,32,35-36H,1-3H3. The number of phenolic OH excluding ortho intramolecular Hbond substituents is 2. The van der Waals surface area contributed by atoms with E-state index in [2.05, 4.69) is 0 Å². The minimum atomic E-state index is -2.53. The molecular formula is C29H18O12. The van der Waals surface area contributed by atoms with Crippen LogP contribution in [0.25, 0.3) is 27.5 Å². The van der Waals surface area contributed by atoms with E-state index >= 15 is 0 Å². The highest BCUT2D eigenvalue weighted by Crippen LogP contribution is 2.65. The first-order valence-electron chi connectivity index (χ1n) is 12.1. The third-order valence-electron chi connectivity index (χ3n) is 8.29. The zero-order chi connectivity index (χ0) is 29.3. The van der Waals surface area contributed by atoms with E-state index in [-0.39, 0.29) is 50.1 Å². The van der Waals surface area contributed by atoms with Crippen LogP contribution in [0.1, 0.15) is 28.4 Å². The summed E-state index contributed by atoms with van der Waals surface area (Å²) < 4.78 is 22.2. The molecule has 3 aromatic carbocycles. The number of aliphatic hydroxyl groups excluding tert-OH is 1. The number of carbonyl (C=O) groups excluding carboxylic acids is 2. The second-order valence-electron chi connectivity index (χ2n) is 10.0. The number of hydrogen-bond donors (Lipinski definition) is 4. The number of ether oxygens (including phenoxy) is 3. The average molecular weight is 558 g/mol. The quantitative estimate of drug-likeness (QED) is 0.206. The van der Waals surface area contributed by atoms with E-state index in [0.29, 0.717) is 0 Å². The largest absolute Gasteiger partial charge is 0.510 e. The molecule has 3 aliphatic rings. The molecule has 0 saturated heterocycles. The number of aliphatic hydroxyl groups is 1. The zero-order valence-corrected chi connectivity index (χ0v) is 21.4. The summed E-state index contributed by atoms with van der Waals surface area (Å²) in [5, 5.41) is 42.9. The van der Waals surface area contributed by atoms with Gasteiger partial charge in [0.15, 0.2) is 28.0 Å². The van der Waals surface area contributed by atoms with E-state index in [1.54, 1.807) is 0 Å². The molecule has 0 bridgehead atoms. The highest BCUT2D eigenvalue weighted by molar-refractivity contribution is 6.22. The predicted octanol–water partition coefficient (Wildman–Crippen LogP) is 1.67. The number of benzene rings is 3. The Morgan fingerprint density at radius 3 is 2.27 bits per heavy atom. The Balaban J connectivity index is 1.85. The van der Waals surface area contributed by atoms with Crippen molar-refractivity contribution in [2.24, 2.45) is 0 Å². The van der Waals surface area contributed by atoms with Gasteiger partial charge in [-0.3, -0.25) is 14.4 Å². The molecule has 0 fully saturated rings. The van der Waals surface area contributed by atoms with Gasteiger partial charge >= 0.3 is 5.97 Å². The van der Waals surface area contributed by atoms with Gasteiger partial charge in [0, 0.05) is 40.1 Å². The topological polar surface area (TPSA) is 190 Å². The molecule has 12 heteroatoms. The summed E-state index contributed by atoms with van der Waals surface area (Å²) >= 11 is 0. The Labute approximate surface area is 227 Å². The van der Waals surface area contributed by atoms with Crippen LogP contribution in [0.15, 0.2) is 49.9 Å². The van der Waals surface area contributed by atoms with Crippen molar-refractivity contribution in [3.63, 3.8) is 0 Å². The highest BCUT2D eigenvalue weighted by Gasteiger charge is 2.73. The van der Waals surface area contributed by atoms with Gasteiger partial charge in [0.05, 0.1) is 19.4 Å². The summed E-state index contributed by atoms with van der Waals surface area (Å²) in [7, 11) is 2.51. The smallest absolute Gasteiger partial charge is 0.343 e. The molecule has 12 nitrogen and oxygen atoms in total. The van der Waals surface area contributed by atoms with Crippen molar-refractivity contribution in [1.82, 2.24) is 0 Å². The van der Waals surface area contributed by atoms with Crippen LogP contribution in [-0.4, -0.2) is 46.4 Å². The average Bonchev–Trinajstić information content (AvgIpc) is 3.34. The van der Waals surface area contributed by atoms with Gasteiger partial charge in [-0.2, -0.15) is 0 Å². The van der Waals surface area contributed by atoms with Crippen molar-refractivity contribution in [1.29, 1.82) is 0 Å². The summed E-state index contributed by atoms with van der Waals surface area (Å²) in [5.41, 5.74) is -7.52. The second kappa shape index (κ2) is 7.36. The molecule has 2 unspecified atom stereocenters. The van der Waals surface area contributed by atoms with Gasteiger partial charge in [-0.25, -0.2) is 4.79 Å². The third-order valence-corrected chi connectivity index (χ3v) is 8.29. The maximum atomic E-state index is 14.4. The lowest BCUT2D eigenvalue weighted by molar-refractivity contribution is -0.123. The third kappa shape index (κ3) is 2.42. The number of hydrogen-bond acceptors (Lipinski definition) is 12. The number of allylic oxidation sites excluding steroid dienone is 1. The first kappa shape index (κ1) is 24.5. The molecule has 0 saturated carbocycles. The Hall–Kier alpha value is -5.52. The molecule has 41 heavy (non-hydrogen) atoms. The van der Waals surface area contributed by atoms with Crippen LogP contribution >= 0.6 is 0 Å². The normalized spacial score (nSPS) is 22.2. The van der Waals surface area contributed by atoms with Crippen LogP contribution in [0, 0.1) is 0 Å². The Morgan fingerprint density at radius 2 is 1.59 bits per heavy atom. The van der Waals surface area contributed by atoms with Gasteiger partial charge in [-0.05, 0) is 24.6 Å². The van der Waals surface area contributed by atoms with Gasteiger partial charge in [0.2, 0.25) is 5.43 Å². The monoisotopic (exact) mass is 558 g/mol. The molecule has 2 atom stereocenters. The number of esters is 1. The molecule has 7 rings (SSSR count). The highest BCUT2D eigenvalue weighted by atomic mass is 16.6. The summed E-state index contributed by atoms with van der Waals surface area (Å²) in [6.07, 6.45) is 1.11. The SMILES string of the molecule is COc1cc(O)c2c(c1)C1(OC2=O)C(C)=CC(=O)C12C(O)=c1c(=O)c(O)cc3oc(O)c4c(=O)cc(OC)c2c4c13. The molecule has 4 N–H and O–H groups in total. The summed E-state index contributed by atoms with van der Waals surface area (Å²) in [6.45, 7) is 1.45. The number of phenols is 2. The number of methoxy groups -OCH3 is 2. The first-order valence-corrected chi connectivity index (χ1v) is 12.1. The fourth-order valence-electron chi connectivity index (χ4n) is 6.76. The van der Waals surface area contributed by atoms with Crippen LogP contribution in [0.5, 0.6) is 28.9 Å². The zero-order valence-electron chi connectivity index (χ0n) is 21.4. The molecular weight excluding hydrogens is 540 g/mol. The second-order valence-corrected chi connectivity index (χ2v) is 10.0. The van der Waals surface area contributed by atoms with Crippen molar-refractivity contribution < 1.29 is 48.6 Å². The van der Waals surface area contributed by atoms with Crippen molar-refractivity contribution >= 4 is 39.3 Å². The Morgan fingerprint density at radius 1 is 0.854 bits per heavy atom. The molecule has 1 aromatic heterocycles. The van der Waals surface area contributed by atoms with E-state index in [9.17, 15) is 39.6 Å². The molecule has 0 radical (unpaired) electrons. The van der Waals surface area contributed by atoms with E-state index in [1.807, 2.05) is 0 Å². The molecule has 1 aliphatic heterocycles. The van der Waals surface area contributed by atoms with E-state index in [0.717, 1.165) is 18.2 Å². The van der Waals surface area contributed by atoms with E-state index in [4.69, 9.17) is 18.6 Å². The Kier molecular flexibility index (Phi) is 4.40. The lowest BCUT2D eigenvalue weighted by Gasteiger charge is -2.44. The molecule has 2 spiro atoms. The Bertz CT molecular complexity index is 2190. The van der Waals surface area contributed by atoms with E-state index < -0.39 is 67.4 Å². The summed E-state index contributed by atoms with van der Waals surface area (Å²) in [4.78, 5) is 54.5. The van der Waals surface area contributed by atoms with Crippen LogP contribution < -0.4 is 25.5 Å².